The molecule has 88 valence electrons. The van der Waals surface area contributed by atoms with Crippen LogP contribution in [0.3, 0.4) is 0 Å². The van der Waals surface area contributed by atoms with Crippen LogP contribution >= 0.6 is 34.9 Å². The van der Waals surface area contributed by atoms with Crippen molar-refractivity contribution < 1.29 is 9.90 Å². The summed E-state index contributed by atoms with van der Waals surface area (Å²) in [6.45, 7) is 2.22. The van der Waals surface area contributed by atoms with Crippen LogP contribution in [-0.2, 0) is 8.87 Å². The first kappa shape index (κ1) is 12.3. The number of aliphatic carboxylic acids is 1. The molecule has 1 saturated heterocycles. The summed E-state index contributed by atoms with van der Waals surface area (Å²) in [5.74, 6) is 0.416. The summed E-state index contributed by atoms with van der Waals surface area (Å²) in [7, 11) is 0. The number of thiophene rings is 1. The Morgan fingerprint density at radius 3 is 3.00 bits per heavy atom. The van der Waals surface area contributed by atoms with E-state index in [2.05, 4.69) is 18.4 Å². The molecular formula is C11H14O2S3. The molecule has 0 aromatic carbocycles. The van der Waals surface area contributed by atoms with Crippen LogP contribution in [0.1, 0.15) is 24.6 Å². The van der Waals surface area contributed by atoms with Gasteiger partial charge in [-0.2, -0.15) is 0 Å². The van der Waals surface area contributed by atoms with Gasteiger partial charge < -0.3 is 5.11 Å². The summed E-state index contributed by atoms with van der Waals surface area (Å²) < 4.78 is -0.00796. The first-order valence-corrected chi connectivity index (χ1v) is 7.94. The summed E-state index contributed by atoms with van der Waals surface area (Å²) in [6.07, 6.45) is 0.979. The van der Waals surface area contributed by atoms with Crippen molar-refractivity contribution in [3.8, 4) is 0 Å². The van der Waals surface area contributed by atoms with Crippen molar-refractivity contribution in [3.05, 3.63) is 22.4 Å². The molecule has 0 radical (unpaired) electrons. The third kappa shape index (κ3) is 2.57. The van der Waals surface area contributed by atoms with E-state index in [0.29, 0.717) is 5.25 Å². The second-order valence-corrected chi connectivity index (χ2v) is 8.13. The zero-order valence-corrected chi connectivity index (χ0v) is 11.5. The van der Waals surface area contributed by atoms with Crippen LogP contribution in [0.5, 0.6) is 0 Å². The van der Waals surface area contributed by atoms with Gasteiger partial charge in [0.1, 0.15) is 0 Å². The molecule has 1 aromatic rings. The first-order valence-electron chi connectivity index (χ1n) is 5.20. The molecule has 0 amide bonds. The van der Waals surface area contributed by atoms with Gasteiger partial charge in [-0.3, -0.25) is 4.79 Å². The number of hydrogen-bond donors (Lipinski definition) is 1. The van der Waals surface area contributed by atoms with Crippen molar-refractivity contribution in [2.75, 3.05) is 5.75 Å². The maximum Gasteiger partial charge on any atom is 0.303 e. The molecule has 0 spiro atoms. The summed E-state index contributed by atoms with van der Waals surface area (Å²) in [6, 6.07) is 4.18. The summed E-state index contributed by atoms with van der Waals surface area (Å²) in [4.78, 5) is 12.0. The van der Waals surface area contributed by atoms with Gasteiger partial charge in [-0.05, 0) is 17.9 Å². The Bertz CT molecular complexity index is 363. The van der Waals surface area contributed by atoms with Crippen molar-refractivity contribution >= 4 is 40.8 Å². The second-order valence-electron chi connectivity index (χ2n) is 3.86. The van der Waals surface area contributed by atoms with Crippen LogP contribution in [-0.4, -0.2) is 22.1 Å². The maximum atomic E-state index is 10.7. The average molecular weight is 274 g/mol. The molecule has 16 heavy (non-hydrogen) atoms. The Kier molecular flexibility index (Phi) is 3.87. The Morgan fingerprint density at radius 1 is 1.69 bits per heavy atom. The summed E-state index contributed by atoms with van der Waals surface area (Å²) in [5, 5.41) is 11.5. The third-order valence-electron chi connectivity index (χ3n) is 2.51. The number of carbonyl (C=O) groups is 1. The largest absolute Gasteiger partial charge is 0.481 e. The molecule has 1 aromatic heterocycles. The lowest BCUT2D eigenvalue weighted by atomic mass is 10.2. The molecule has 1 aliphatic heterocycles. The number of hydrogen-bond acceptors (Lipinski definition) is 4. The number of rotatable bonds is 4. The molecule has 1 N–H and O–H groups in total. The van der Waals surface area contributed by atoms with Crippen molar-refractivity contribution in [1.29, 1.82) is 0 Å². The lowest BCUT2D eigenvalue weighted by Gasteiger charge is -2.25. The number of carboxylic acids is 1. The van der Waals surface area contributed by atoms with Gasteiger partial charge in [0.05, 0.1) is 4.08 Å². The minimum Gasteiger partial charge on any atom is -0.481 e. The smallest absolute Gasteiger partial charge is 0.303 e. The fourth-order valence-corrected chi connectivity index (χ4v) is 6.61. The van der Waals surface area contributed by atoms with Gasteiger partial charge in [-0.1, -0.05) is 13.0 Å². The van der Waals surface area contributed by atoms with Gasteiger partial charge >= 0.3 is 5.97 Å². The molecular weight excluding hydrogens is 260 g/mol. The van der Waals surface area contributed by atoms with Crippen LogP contribution in [0, 0.1) is 0 Å². The van der Waals surface area contributed by atoms with E-state index in [9.17, 15) is 4.79 Å². The quantitative estimate of drug-likeness (QED) is 0.909. The molecule has 2 unspecified atom stereocenters. The van der Waals surface area contributed by atoms with Crippen molar-refractivity contribution in [3.63, 3.8) is 0 Å². The SMILES string of the molecule is CC1CSC(CCC(=O)O)(c2cccs2)S1. The highest BCUT2D eigenvalue weighted by atomic mass is 32.2. The van der Waals surface area contributed by atoms with Gasteiger partial charge in [0, 0.05) is 22.3 Å². The zero-order chi connectivity index (χ0) is 11.6. The van der Waals surface area contributed by atoms with Crippen LogP contribution in [0.4, 0.5) is 0 Å². The van der Waals surface area contributed by atoms with Crippen molar-refractivity contribution in [2.24, 2.45) is 0 Å². The minimum absolute atomic E-state index is 0.00796. The summed E-state index contributed by atoms with van der Waals surface area (Å²) in [5.41, 5.74) is 0. The van der Waals surface area contributed by atoms with E-state index in [0.717, 1.165) is 12.2 Å². The molecule has 0 aliphatic carbocycles. The molecule has 0 bridgehead atoms. The summed E-state index contributed by atoms with van der Waals surface area (Å²) >= 11 is 5.57. The Balaban J connectivity index is 2.17. The Morgan fingerprint density at radius 2 is 2.50 bits per heavy atom. The van der Waals surface area contributed by atoms with Gasteiger partial charge in [0.2, 0.25) is 0 Å². The van der Waals surface area contributed by atoms with E-state index in [1.165, 1.54) is 4.88 Å². The van der Waals surface area contributed by atoms with Crippen LogP contribution in [0.2, 0.25) is 0 Å². The van der Waals surface area contributed by atoms with Crippen LogP contribution < -0.4 is 0 Å². The molecule has 2 heterocycles. The van der Waals surface area contributed by atoms with E-state index in [-0.39, 0.29) is 10.5 Å². The molecule has 0 saturated carbocycles. The van der Waals surface area contributed by atoms with Crippen molar-refractivity contribution in [2.45, 2.75) is 29.1 Å². The molecule has 1 fully saturated rings. The van der Waals surface area contributed by atoms with E-state index in [1.807, 2.05) is 29.6 Å². The lowest BCUT2D eigenvalue weighted by Crippen LogP contribution is -2.15. The monoisotopic (exact) mass is 274 g/mol. The second kappa shape index (κ2) is 5.02. The normalized spacial score (nSPS) is 29.4. The molecule has 5 heteroatoms. The Hall–Kier alpha value is -0.130. The highest BCUT2D eigenvalue weighted by Crippen LogP contribution is 2.58. The number of carboxylic acid groups (broad SMARTS) is 1. The predicted octanol–water partition coefficient (Wildman–Crippen LogP) is 3.63. The molecule has 1 aliphatic rings. The standard InChI is InChI=1S/C11H14O2S3/c1-8-7-15-11(16-8,5-4-10(12)13)9-3-2-6-14-9/h2-3,6,8H,4-5,7H2,1H3,(H,12,13). The molecule has 2 atom stereocenters. The van der Waals surface area contributed by atoms with Crippen LogP contribution in [0.15, 0.2) is 17.5 Å². The lowest BCUT2D eigenvalue weighted by molar-refractivity contribution is -0.137. The van der Waals surface area contributed by atoms with Gasteiger partial charge in [0.25, 0.3) is 0 Å². The fourth-order valence-electron chi connectivity index (χ4n) is 1.80. The predicted molar refractivity (Wildman–Crippen MR) is 72.4 cm³/mol. The van der Waals surface area contributed by atoms with E-state index >= 15 is 0 Å². The minimum atomic E-state index is -0.698. The van der Waals surface area contributed by atoms with E-state index in [1.54, 1.807) is 11.3 Å². The fraction of sp³-hybridized carbons (Fsp3) is 0.545. The number of thioether (sulfide) groups is 2. The van der Waals surface area contributed by atoms with Gasteiger partial charge in [0.15, 0.2) is 0 Å². The topological polar surface area (TPSA) is 37.3 Å². The van der Waals surface area contributed by atoms with E-state index in [4.69, 9.17) is 5.11 Å². The molecule has 2 nitrogen and oxygen atoms in total. The zero-order valence-electron chi connectivity index (χ0n) is 9.01. The maximum absolute atomic E-state index is 10.7. The third-order valence-corrected chi connectivity index (χ3v) is 7.58. The first-order chi connectivity index (χ1) is 7.62. The van der Waals surface area contributed by atoms with Crippen molar-refractivity contribution in [1.82, 2.24) is 0 Å². The highest BCUT2D eigenvalue weighted by molar-refractivity contribution is 8.21. The average Bonchev–Trinajstić information content (AvgIpc) is 2.84. The Labute approximate surface area is 108 Å². The highest BCUT2D eigenvalue weighted by Gasteiger charge is 2.41. The van der Waals surface area contributed by atoms with Crippen LogP contribution in [0.25, 0.3) is 0 Å². The van der Waals surface area contributed by atoms with Gasteiger partial charge in [-0.25, -0.2) is 0 Å². The molecule has 2 rings (SSSR count). The van der Waals surface area contributed by atoms with Gasteiger partial charge in [-0.15, -0.1) is 34.9 Å². The van der Waals surface area contributed by atoms with E-state index < -0.39 is 5.97 Å².